The molecule has 138 heavy (non-hydrogen) atoms. The van der Waals surface area contributed by atoms with Crippen molar-refractivity contribution < 1.29 is 131 Å². The predicted octanol–water partition coefficient (Wildman–Crippen LogP) is 4.69. The van der Waals surface area contributed by atoms with Crippen LogP contribution >= 0.6 is 31.1 Å². The molecule has 7 saturated heterocycles. The molecule has 7 aliphatic rings. The highest BCUT2D eigenvalue weighted by Gasteiger charge is 2.51. The Morgan fingerprint density at radius 2 is 0.870 bits per heavy atom. The molecule has 0 aliphatic carbocycles. The fraction of sp³-hybridized carbons (Fsp3) is 0.578. The number of nitrogens with zero attached hydrogens (tertiary/aromatic N) is 8. The number of aromatic nitrogens is 10. The molecule has 15 N–H and O–H groups in total. The van der Waals surface area contributed by atoms with Crippen LogP contribution in [0.15, 0.2) is 137 Å². The number of nitrogens with one attached hydrogen (secondary N) is 4. The Labute approximate surface area is 789 Å². The molecule has 2 aromatic carbocycles. The van der Waals surface area contributed by atoms with E-state index in [4.69, 9.17) is 106 Å². The molecule has 0 bridgehead atoms. The lowest BCUT2D eigenvalue weighted by molar-refractivity contribution is -0.156. The zero-order valence-corrected chi connectivity index (χ0v) is 81.8. The number of hydrogen-bond acceptors (Lipinski definition) is 42. The van der Waals surface area contributed by atoms with Crippen molar-refractivity contribution in [2.75, 3.05) is 50.2 Å². The van der Waals surface area contributed by atoms with Gasteiger partial charge in [0.15, 0.2) is 0 Å². The topological polar surface area (TPSA) is 689 Å². The van der Waals surface area contributed by atoms with Crippen LogP contribution in [0.3, 0.4) is 0 Å². The molecule has 7 aliphatic heterocycles. The SMILES string of the molecule is CC(C)OC(=O)[C@@H](C)NP(=O)(OC[C@H]1O[C@@H](n2ccc(N)nc2=O)CC1O)Oc1ccccc1.CC(C)OP1(=O)OC[C@H]2O[C@@H](n3ccc(N)nc3=O)C[C@@H]2O1.Cc1cn([C@H]2CC(O)[C@@H](COP(=O)(N[C@H](C)C(=O)OC(C)C)Oc3ccccc3)O2)c(=O)[nH]c1=O.Cc1cn([C@H]2CC(OC(=O)C(N)C(C)C)[C@@H](CO)O2)c(=O)nc1N.Cc1cn([C@H]2C[C@@H]3OP(=O)(OC(C)C)OC[C@H]3O2)c(=O)[nH]c1=O. The lowest BCUT2D eigenvalue weighted by atomic mass is 10.1. The largest absolute Gasteiger partial charge is 0.475 e. The molecule has 7 fully saturated rings. The molecule has 762 valence electrons. The van der Waals surface area contributed by atoms with Gasteiger partial charge in [0.05, 0.1) is 69.7 Å². The van der Waals surface area contributed by atoms with Crippen molar-refractivity contribution in [2.24, 2.45) is 11.7 Å². The van der Waals surface area contributed by atoms with Gasteiger partial charge in [-0.15, -0.1) is 0 Å². The first-order valence-electron chi connectivity index (χ1n) is 44.0. The van der Waals surface area contributed by atoms with Crippen LogP contribution in [-0.4, -0.2) is 218 Å². The highest BCUT2D eigenvalue weighted by Crippen LogP contribution is 2.59. The minimum atomic E-state index is -4.15. The van der Waals surface area contributed by atoms with Crippen LogP contribution in [0.4, 0.5) is 17.5 Å². The van der Waals surface area contributed by atoms with E-state index in [-0.39, 0.29) is 112 Å². The number of nitrogen functional groups attached to an aromatic ring is 3. The summed E-state index contributed by atoms with van der Waals surface area (Å²) in [6.07, 6.45) is -3.90. The average Bonchev–Trinajstić information content (AvgIpc) is 1.64. The molecule has 0 spiro atoms. The highest BCUT2D eigenvalue weighted by molar-refractivity contribution is 7.52. The number of nitrogens with two attached hydrogens (primary N) is 4. The zero-order valence-electron chi connectivity index (χ0n) is 78.2. The number of aliphatic hydroxyl groups excluding tert-OH is 3. The Bertz CT molecular complexity index is 5970. The van der Waals surface area contributed by atoms with Gasteiger partial charge in [0.1, 0.15) is 127 Å². The Balaban J connectivity index is 0.000000180. The molecular formula is C83H120N16O35P4. The molecule has 0 saturated carbocycles. The maximum atomic E-state index is 13.5. The number of benzene rings is 2. The van der Waals surface area contributed by atoms with Gasteiger partial charge in [-0.05, 0) is 132 Å². The molecule has 14 rings (SSSR count). The molecule has 22 atom stereocenters. The summed E-state index contributed by atoms with van der Waals surface area (Å²) in [5.74, 6) is -1.08. The van der Waals surface area contributed by atoms with E-state index in [0.717, 1.165) is 0 Å². The van der Waals surface area contributed by atoms with Gasteiger partial charge in [-0.25, -0.2) is 42.2 Å². The number of fused-ring (bicyclic) bond motifs is 2. The summed E-state index contributed by atoms with van der Waals surface area (Å²) >= 11 is 0. The summed E-state index contributed by atoms with van der Waals surface area (Å²) in [5.41, 5.74) is 19.8. The van der Waals surface area contributed by atoms with E-state index in [2.05, 4.69) is 35.1 Å². The first-order chi connectivity index (χ1) is 64.9. The second kappa shape index (κ2) is 48.5. The van der Waals surface area contributed by atoms with Crippen LogP contribution in [-0.2, 0) is 107 Å². The number of aromatic amines is 2. The zero-order chi connectivity index (χ0) is 101. The number of rotatable bonds is 31. The number of phosphoric ester groups is 2. The van der Waals surface area contributed by atoms with E-state index in [1.807, 2.05) is 13.8 Å². The molecule has 7 aromatic rings. The van der Waals surface area contributed by atoms with E-state index in [1.165, 1.54) is 86.7 Å². The monoisotopic (exact) mass is 2020 g/mol. The summed E-state index contributed by atoms with van der Waals surface area (Å²) < 4.78 is 156. The number of H-pyrrole nitrogens is 2. The average molecular weight is 2030 g/mol. The number of anilines is 3. The second-order valence-corrected chi connectivity index (χ2v) is 40.6. The first-order valence-corrected chi connectivity index (χ1v) is 50.0. The van der Waals surface area contributed by atoms with Crippen LogP contribution < -0.4 is 81.7 Å². The maximum absolute atomic E-state index is 13.5. The summed E-state index contributed by atoms with van der Waals surface area (Å²) in [5, 5.41) is 35.5. The smallest absolute Gasteiger partial charge is 0.462 e. The molecular weight excluding hydrogens is 1900 g/mol. The number of aliphatic hydroxyl groups is 3. The molecule has 55 heteroatoms. The lowest BCUT2D eigenvalue weighted by Gasteiger charge is -2.30. The van der Waals surface area contributed by atoms with Gasteiger partial charge in [0.25, 0.3) is 11.1 Å². The van der Waals surface area contributed by atoms with Crippen molar-refractivity contribution in [3.63, 3.8) is 0 Å². The molecule has 0 radical (unpaired) electrons. The third-order valence-corrected chi connectivity index (χ3v) is 27.6. The number of carbonyl (C=O) groups excluding carboxylic acids is 3. The number of carbonyl (C=O) groups is 3. The predicted molar refractivity (Wildman–Crippen MR) is 488 cm³/mol. The Morgan fingerprint density at radius 3 is 1.26 bits per heavy atom. The summed E-state index contributed by atoms with van der Waals surface area (Å²) in [6.45, 7) is 24.2. The van der Waals surface area contributed by atoms with Gasteiger partial charge in [0.2, 0.25) is 0 Å². The number of esters is 3. The van der Waals surface area contributed by atoms with Crippen molar-refractivity contribution in [2.45, 2.75) is 271 Å². The molecule has 51 nitrogen and oxygen atoms in total. The van der Waals surface area contributed by atoms with Gasteiger partial charge in [-0.2, -0.15) is 25.1 Å². The summed E-state index contributed by atoms with van der Waals surface area (Å²) in [6, 6.07) is 16.6. The number of hydrogen-bond donors (Lipinski definition) is 11. The fourth-order valence-corrected chi connectivity index (χ4v) is 20.2. The highest BCUT2D eigenvalue weighted by atomic mass is 31.2. The van der Waals surface area contributed by atoms with Crippen LogP contribution in [0.5, 0.6) is 11.5 Å². The summed E-state index contributed by atoms with van der Waals surface area (Å²) in [4.78, 5) is 135. The normalized spacial score (nSPS) is 26.9. The maximum Gasteiger partial charge on any atom is 0.475 e. The first kappa shape index (κ1) is 110. The standard InChI is InChI=1S/C22H30N3O9P.C21H29N4O8P.C15H24N4O5.C13H19N2O7P.C12H18N3O6P/c1-13(2)32-21(28)15(4)24-35(30,34-16-8-6-5-7-9-16)31-12-18-17(26)10-19(33-18)25-11-14(3)20(27)23-22(25)29;1-13(2)31-20(27)14(3)24-34(29,33-15-7-5-4-6-8-15)30-12-17-16(26)11-19(32-17)25-10-9-18(22)23-21(25)28;1-7(2)12(16)14(21)24-9-4-11(23-10(9)6-20)19-5-8(3)13(17)18-15(19)22;1-7(2)21-23(18)19-6-10-9(22-23)4-11(20-10)15-5-8(3)12(16)14-13(15)17;1-7(2)20-22(17)18-6-9-8(21-22)5-11(19-9)15-4-3-10(13)14-12(15)16/h5-9,11,13,15,17-19,26H,10,12H2,1-4H3,(H,24,30)(H,23,27,29);4-10,13-14,16-17,19,26H,11-12H2,1-3H3,(H,24,29)(H2,22,23,28);5,7,9-12,20H,4,6,16H2,1-3H3,(H2,17,18,22);5,7,9-11H,4,6H2,1-3H3,(H,14,16,17);3-4,7-9,11H,5-6H2,1-2H3,(H2,13,14,16)/t15-,17?,18-,19-,35?;14-,16?,17-,19-,34?;9?,10-,11-,12?;9-,10+,11+,23?;8-,9+,11+,22?/m11100/s1. The quantitative estimate of drug-likeness (QED) is 0.0159. The fourth-order valence-electron chi connectivity index (χ4n) is 14.0. The number of aryl methyl sites for hydroxylation is 3. The Morgan fingerprint density at radius 1 is 0.493 bits per heavy atom. The molecule has 8 unspecified atom stereocenters. The minimum absolute atomic E-state index is 0.0355. The summed E-state index contributed by atoms with van der Waals surface area (Å²) in [7, 11) is -15.5. The van der Waals surface area contributed by atoms with E-state index in [9.17, 15) is 81.5 Å². The molecule has 0 amide bonds. The van der Waals surface area contributed by atoms with Crippen molar-refractivity contribution in [3.8, 4) is 11.5 Å². The Kier molecular flexibility index (Phi) is 38.6. The molecule has 5 aromatic heterocycles. The number of ether oxygens (including phenoxy) is 8. The molecule has 12 heterocycles. The van der Waals surface area contributed by atoms with Gasteiger partial charge in [-0.1, -0.05) is 50.2 Å². The minimum Gasteiger partial charge on any atom is -0.462 e. The van der Waals surface area contributed by atoms with E-state index in [0.29, 0.717) is 29.5 Å². The van der Waals surface area contributed by atoms with Crippen molar-refractivity contribution >= 4 is 66.5 Å². The third-order valence-electron chi connectivity index (χ3n) is 21.0. The van der Waals surface area contributed by atoms with Crippen molar-refractivity contribution in [1.82, 2.24) is 57.9 Å². The van der Waals surface area contributed by atoms with Crippen molar-refractivity contribution in [3.05, 3.63) is 194 Å². The third kappa shape index (κ3) is 30.5. The number of phosphoric acid groups is 2. The van der Waals surface area contributed by atoms with E-state index in [1.54, 1.807) is 130 Å². The van der Waals surface area contributed by atoms with Crippen molar-refractivity contribution in [1.29, 1.82) is 0 Å². The van der Waals surface area contributed by atoms with Gasteiger partial charge >= 0.3 is 77.5 Å². The van der Waals surface area contributed by atoms with Crippen LogP contribution in [0.25, 0.3) is 0 Å². The van der Waals surface area contributed by atoms with Gasteiger partial charge < -0.3 is 85.2 Å². The number of para-hydroxylation sites is 2. The van der Waals surface area contributed by atoms with E-state index < -0.39 is 199 Å². The Hall–Kier alpha value is -9.99. The van der Waals surface area contributed by atoms with E-state index >= 15 is 0 Å². The van der Waals surface area contributed by atoms with Crippen LogP contribution in [0, 0.1) is 26.7 Å². The van der Waals surface area contributed by atoms with Gasteiger partial charge in [-0.3, -0.25) is 93.0 Å². The lowest BCUT2D eigenvalue weighted by Crippen LogP contribution is -2.41. The van der Waals surface area contributed by atoms with Gasteiger partial charge in [0, 0.05) is 79.8 Å². The second-order valence-electron chi connectivity index (χ2n) is 34.1. The van der Waals surface area contributed by atoms with Crippen LogP contribution in [0.1, 0.15) is 163 Å². The van der Waals surface area contributed by atoms with Crippen LogP contribution in [0.2, 0.25) is 0 Å².